The molecule has 0 N–H and O–H groups in total. The number of ether oxygens (including phenoxy) is 3. The molecule has 2 heterocycles. The quantitative estimate of drug-likeness (QED) is 0.367. The third kappa shape index (κ3) is 4.97. The Bertz CT molecular complexity index is 268. The first-order chi connectivity index (χ1) is 8.48. The van der Waals surface area contributed by atoms with Crippen LogP contribution in [0.25, 0.3) is 0 Å². The van der Waals surface area contributed by atoms with Crippen molar-refractivity contribution in [3.63, 3.8) is 0 Å². The fourth-order valence-corrected chi connectivity index (χ4v) is 4.56. The minimum Gasteiger partial charge on any atom is -0.412 e. The fourth-order valence-electron chi connectivity index (χ4n) is 2.30. The Hall–Kier alpha value is 0.0569. The van der Waals surface area contributed by atoms with Crippen molar-refractivity contribution < 1.29 is 18.6 Å². The van der Waals surface area contributed by atoms with E-state index in [0.29, 0.717) is 18.3 Å². The van der Waals surface area contributed by atoms with Crippen molar-refractivity contribution in [1.29, 1.82) is 0 Å². The van der Waals surface area contributed by atoms with Gasteiger partial charge in [-0.1, -0.05) is 0 Å². The van der Waals surface area contributed by atoms with Gasteiger partial charge < -0.3 is 18.6 Å². The van der Waals surface area contributed by atoms with Crippen LogP contribution in [0, 0.1) is 0 Å². The van der Waals surface area contributed by atoms with Crippen LogP contribution in [0.5, 0.6) is 0 Å². The molecule has 4 nitrogen and oxygen atoms in total. The van der Waals surface area contributed by atoms with Gasteiger partial charge in [0.05, 0.1) is 25.4 Å². The molecule has 0 spiro atoms. The Kier molecular flexibility index (Phi) is 4.83. The van der Waals surface area contributed by atoms with Crippen LogP contribution < -0.4 is 0 Å². The van der Waals surface area contributed by atoms with Crippen LogP contribution in [0.1, 0.15) is 20.3 Å². The third-order valence-corrected chi connectivity index (χ3v) is 6.07. The van der Waals surface area contributed by atoms with Crippen molar-refractivity contribution in [2.75, 3.05) is 19.8 Å². The van der Waals surface area contributed by atoms with E-state index in [1.165, 1.54) is 0 Å². The molecule has 2 aliphatic rings. The van der Waals surface area contributed by atoms with Crippen LogP contribution in [0.2, 0.25) is 19.1 Å². The Morgan fingerprint density at radius 1 is 1.39 bits per heavy atom. The second kappa shape index (κ2) is 6.01. The topological polar surface area (TPSA) is 43.5 Å². The first-order valence-electron chi connectivity index (χ1n) is 7.00. The molecule has 4 unspecified atom stereocenters. The van der Waals surface area contributed by atoms with Gasteiger partial charge in [-0.05, 0) is 39.4 Å². The summed E-state index contributed by atoms with van der Waals surface area (Å²) in [6, 6.07) is 1.14. The Morgan fingerprint density at radius 2 is 2.06 bits per heavy atom. The average molecular weight is 274 g/mol. The third-order valence-electron chi connectivity index (χ3n) is 3.50. The lowest BCUT2D eigenvalue weighted by molar-refractivity contribution is 0.114. The van der Waals surface area contributed by atoms with Crippen molar-refractivity contribution in [3.8, 4) is 0 Å². The predicted molar refractivity (Wildman–Crippen MR) is 72.3 cm³/mol. The summed E-state index contributed by atoms with van der Waals surface area (Å²) in [6.07, 6.45) is 2.40. The summed E-state index contributed by atoms with van der Waals surface area (Å²) in [5.74, 6) is 0. The lowest BCUT2D eigenvalue weighted by atomic mass is 10.2. The van der Waals surface area contributed by atoms with Crippen LogP contribution in [0.15, 0.2) is 0 Å². The lowest BCUT2D eigenvalue weighted by Crippen LogP contribution is -2.37. The van der Waals surface area contributed by atoms with E-state index in [9.17, 15) is 0 Å². The molecule has 0 bridgehead atoms. The fraction of sp³-hybridized carbons (Fsp3) is 1.00. The highest BCUT2D eigenvalue weighted by molar-refractivity contribution is 6.71. The van der Waals surface area contributed by atoms with Crippen LogP contribution in [-0.4, -0.2) is 52.6 Å². The summed E-state index contributed by atoms with van der Waals surface area (Å²) >= 11 is 0. The SMILES string of the molecule is CC1OC1C(C)O[Si](C)(C)CCCOCC1CO1. The highest BCUT2D eigenvalue weighted by Crippen LogP contribution is 2.29. The average Bonchev–Trinajstić information content (AvgIpc) is 3.13. The van der Waals surface area contributed by atoms with E-state index in [2.05, 4.69) is 26.9 Å². The number of rotatable bonds is 9. The molecule has 4 atom stereocenters. The second-order valence-electron chi connectivity index (χ2n) is 6.02. The van der Waals surface area contributed by atoms with Crippen LogP contribution in [-0.2, 0) is 18.6 Å². The number of epoxide rings is 2. The smallest absolute Gasteiger partial charge is 0.187 e. The van der Waals surface area contributed by atoms with Gasteiger partial charge in [-0.25, -0.2) is 0 Å². The summed E-state index contributed by atoms with van der Waals surface area (Å²) in [5, 5.41) is 0. The molecule has 0 radical (unpaired) electrons. The normalized spacial score (nSPS) is 32.3. The standard InChI is InChI=1S/C13H26O4Si/c1-10-13(16-10)11(2)17-18(3,4)7-5-6-14-8-12-9-15-12/h10-13H,5-9H2,1-4H3. The molecular weight excluding hydrogens is 248 g/mol. The Morgan fingerprint density at radius 3 is 2.61 bits per heavy atom. The van der Waals surface area contributed by atoms with Crippen molar-refractivity contribution in [2.24, 2.45) is 0 Å². The van der Waals surface area contributed by atoms with E-state index in [4.69, 9.17) is 18.6 Å². The van der Waals surface area contributed by atoms with Crippen LogP contribution in [0.4, 0.5) is 0 Å². The van der Waals surface area contributed by atoms with Crippen LogP contribution in [0.3, 0.4) is 0 Å². The van der Waals surface area contributed by atoms with Gasteiger partial charge in [-0.2, -0.15) is 0 Å². The lowest BCUT2D eigenvalue weighted by Gasteiger charge is -2.26. The van der Waals surface area contributed by atoms with Crippen molar-refractivity contribution >= 4 is 8.32 Å². The summed E-state index contributed by atoms with van der Waals surface area (Å²) in [6.45, 7) is 11.2. The van der Waals surface area contributed by atoms with Gasteiger partial charge in [0, 0.05) is 6.61 Å². The number of hydrogen-bond acceptors (Lipinski definition) is 4. The van der Waals surface area contributed by atoms with E-state index < -0.39 is 8.32 Å². The minimum atomic E-state index is -1.57. The van der Waals surface area contributed by atoms with Crippen LogP contribution >= 0.6 is 0 Å². The van der Waals surface area contributed by atoms with Crippen molar-refractivity contribution in [2.45, 2.75) is 63.8 Å². The van der Waals surface area contributed by atoms with Gasteiger partial charge >= 0.3 is 0 Å². The molecule has 0 saturated carbocycles. The van der Waals surface area contributed by atoms with Gasteiger partial charge in [0.25, 0.3) is 0 Å². The van der Waals surface area contributed by atoms with Gasteiger partial charge in [0.2, 0.25) is 0 Å². The molecule has 2 saturated heterocycles. The maximum absolute atomic E-state index is 6.21. The first-order valence-corrected chi connectivity index (χ1v) is 10.1. The van der Waals surface area contributed by atoms with Gasteiger partial charge in [-0.3, -0.25) is 0 Å². The van der Waals surface area contributed by atoms with E-state index >= 15 is 0 Å². The molecule has 5 heteroatoms. The largest absolute Gasteiger partial charge is 0.412 e. The summed E-state index contributed by atoms with van der Waals surface area (Å²) in [4.78, 5) is 0. The molecule has 18 heavy (non-hydrogen) atoms. The maximum Gasteiger partial charge on any atom is 0.187 e. The Labute approximate surface area is 111 Å². The van der Waals surface area contributed by atoms with E-state index in [-0.39, 0.29) is 6.10 Å². The molecule has 0 aromatic rings. The molecule has 106 valence electrons. The van der Waals surface area contributed by atoms with E-state index in [1.54, 1.807) is 0 Å². The van der Waals surface area contributed by atoms with E-state index in [1.807, 2.05) is 0 Å². The molecule has 2 rings (SSSR count). The highest BCUT2D eigenvalue weighted by atomic mass is 28.4. The minimum absolute atomic E-state index is 0.238. The molecule has 2 aliphatic heterocycles. The molecular formula is C13H26O4Si. The summed E-state index contributed by atoms with van der Waals surface area (Å²) < 4.78 is 22.3. The van der Waals surface area contributed by atoms with Crippen molar-refractivity contribution in [1.82, 2.24) is 0 Å². The zero-order chi connectivity index (χ0) is 13.2. The highest BCUT2D eigenvalue weighted by Gasteiger charge is 2.41. The molecule has 0 aromatic heterocycles. The van der Waals surface area contributed by atoms with Gasteiger partial charge in [-0.15, -0.1) is 0 Å². The summed E-state index contributed by atoms with van der Waals surface area (Å²) in [7, 11) is -1.57. The monoisotopic (exact) mass is 274 g/mol. The molecule has 0 amide bonds. The zero-order valence-electron chi connectivity index (χ0n) is 12.0. The number of hydrogen-bond donors (Lipinski definition) is 0. The predicted octanol–water partition coefficient (Wildman–Crippen LogP) is 2.19. The zero-order valence-corrected chi connectivity index (χ0v) is 13.0. The molecule has 2 fully saturated rings. The van der Waals surface area contributed by atoms with Gasteiger partial charge in [0.1, 0.15) is 12.2 Å². The second-order valence-corrected chi connectivity index (χ2v) is 10.3. The molecule has 0 aliphatic carbocycles. The molecule has 0 aromatic carbocycles. The maximum atomic E-state index is 6.21. The summed E-state index contributed by atoms with van der Waals surface area (Å²) in [5.41, 5.74) is 0. The van der Waals surface area contributed by atoms with E-state index in [0.717, 1.165) is 32.3 Å². The van der Waals surface area contributed by atoms with Gasteiger partial charge in [0.15, 0.2) is 8.32 Å². The first kappa shape index (κ1) is 14.5. The Balaban J connectivity index is 1.54. The van der Waals surface area contributed by atoms with Crippen molar-refractivity contribution in [3.05, 3.63) is 0 Å².